The minimum atomic E-state index is -0.375. The Labute approximate surface area is 202 Å². The molecule has 1 heterocycles. The van der Waals surface area contributed by atoms with Gasteiger partial charge in [0.2, 0.25) is 0 Å². The highest BCUT2D eigenvalue weighted by Gasteiger charge is 2.21. The first-order valence-corrected chi connectivity index (χ1v) is 11.0. The van der Waals surface area contributed by atoms with Crippen molar-refractivity contribution in [3.8, 4) is 28.5 Å². The van der Waals surface area contributed by atoms with E-state index in [1.54, 1.807) is 38.2 Å². The summed E-state index contributed by atoms with van der Waals surface area (Å²) in [6.45, 7) is 3.27. The number of halogens is 2. The van der Waals surface area contributed by atoms with Crippen LogP contribution in [0.5, 0.6) is 0 Å². The van der Waals surface area contributed by atoms with Crippen LogP contribution in [0.15, 0.2) is 77.3 Å². The third-order valence-corrected chi connectivity index (χ3v) is 6.04. The molecule has 0 saturated heterocycles. The van der Waals surface area contributed by atoms with Gasteiger partial charge in [-0.3, -0.25) is 9.79 Å². The fourth-order valence-electron chi connectivity index (χ4n) is 4.06. The predicted octanol–water partition coefficient (Wildman–Crippen LogP) is 7.39. The van der Waals surface area contributed by atoms with Crippen molar-refractivity contribution in [3.05, 3.63) is 94.3 Å². The molecule has 6 heteroatoms. The van der Waals surface area contributed by atoms with Crippen molar-refractivity contribution >= 4 is 34.0 Å². The van der Waals surface area contributed by atoms with Gasteiger partial charge in [-0.1, -0.05) is 48.0 Å². The highest BCUT2D eigenvalue weighted by molar-refractivity contribution is 6.33. The largest absolute Gasteiger partial charge is 0.354 e. The van der Waals surface area contributed by atoms with E-state index in [0.717, 1.165) is 22.2 Å². The van der Waals surface area contributed by atoms with Crippen LogP contribution >= 0.6 is 11.6 Å². The Morgan fingerprint density at radius 3 is 2.53 bits per heavy atom. The molecular formula is C28H21ClFN3O. The van der Waals surface area contributed by atoms with E-state index < -0.39 is 0 Å². The number of aliphatic imine (C=N–C) groups is 1. The third-order valence-electron chi connectivity index (χ3n) is 5.72. The van der Waals surface area contributed by atoms with Crippen LogP contribution in [0.3, 0.4) is 0 Å². The summed E-state index contributed by atoms with van der Waals surface area (Å²) in [4.78, 5) is 19.5. The Bertz CT molecular complexity index is 1540. The first-order valence-electron chi connectivity index (χ1n) is 10.6. The molecule has 34 heavy (non-hydrogen) atoms. The predicted molar refractivity (Wildman–Crippen MR) is 136 cm³/mol. The molecule has 4 nitrogen and oxygen atoms in total. The number of Topliss-reactive ketones (excluding diaryl/α,β-unsaturated/α-hetero) is 1. The van der Waals surface area contributed by atoms with Crippen molar-refractivity contribution < 1.29 is 9.18 Å². The molecule has 1 N–H and O–H groups in total. The number of nitrogens with one attached hydrogen (secondary N) is 1. The monoisotopic (exact) mass is 469 g/mol. The number of carbonyl (C=O) groups is 1. The fourth-order valence-corrected chi connectivity index (χ4v) is 4.35. The lowest BCUT2D eigenvalue weighted by molar-refractivity contribution is 0.101. The van der Waals surface area contributed by atoms with Crippen molar-refractivity contribution in [1.82, 2.24) is 4.98 Å². The topological polar surface area (TPSA) is 69.0 Å². The first-order chi connectivity index (χ1) is 16.4. The standard InChI is InChI=1S/C28H21ClFN3O/c1-4-17(15-31)27(32-3)26-23-14-21(30)9-11-25(23)33-28(26)20-7-5-6-19(12-20)22-10-8-18(16(2)34)13-24(22)29/h4-14,33H,1-3H3/b17-4-,32-27+. The van der Waals surface area contributed by atoms with Crippen LogP contribution in [-0.2, 0) is 0 Å². The Morgan fingerprint density at radius 1 is 1.12 bits per heavy atom. The van der Waals surface area contributed by atoms with Crippen LogP contribution in [0, 0.1) is 17.1 Å². The molecule has 4 aromatic rings. The lowest BCUT2D eigenvalue weighted by atomic mass is 9.94. The molecule has 0 aliphatic heterocycles. The fraction of sp³-hybridized carbons (Fsp3) is 0.107. The summed E-state index contributed by atoms with van der Waals surface area (Å²) < 4.78 is 14.2. The second-order valence-corrected chi connectivity index (χ2v) is 8.19. The van der Waals surface area contributed by atoms with Gasteiger partial charge < -0.3 is 4.98 Å². The summed E-state index contributed by atoms with van der Waals surface area (Å²) in [6.07, 6.45) is 1.69. The van der Waals surface area contributed by atoms with Crippen molar-refractivity contribution in [1.29, 1.82) is 5.26 Å². The molecule has 0 bridgehead atoms. The lowest BCUT2D eigenvalue weighted by Gasteiger charge is -2.11. The van der Waals surface area contributed by atoms with Gasteiger partial charge in [0, 0.05) is 39.7 Å². The lowest BCUT2D eigenvalue weighted by Crippen LogP contribution is -2.05. The molecule has 0 aliphatic rings. The van der Waals surface area contributed by atoms with Crippen LogP contribution in [0.25, 0.3) is 33.3 Å². The molecule has 4 rings (SSSR count). The van der Waals surface area contributed by atoms with Gasteiger partial charge in [0.25, 0.3) is 0 Å². The molecule has 168 valence electrons. The molecule has 0 saturated carbocycles. The normalized spacial score (nSPS) is 12.1. The molecule has 0 spiro atoms. The van der Waals surface area contributed by atoms with E-state index in [-0.39, 0.29) is 11.6 Å². The number of rotatable bonds is 5. The molecule has 3 aromatic carbocycles. The average Bonchev–Trinajstić information content (AvgIpc) is 3.20. The summed E-state index contributed by atoms with van der Waals surface area (Å²) in [6, 6.07) is 19.7. The highest BCUT2D eigenvalue weighted by Crippen LogP contribution is 2.36. The number of ketones is 1. The summed E-state index contributed by atoms with van der Waals surface area (Å²) in [5, 5.41) is 10.8. The van der Waals surface area contributed by atoms with Gasteiger partial charge in [0.15, 0.2) is 5.78 Å². The van der Waals surface area contributed by atoms with Crippen LogP contribution in [-0.4, -0.2) is 23.5 Å². The van der Waals surface area contributed by atoms with Crippen LogP contribution in [0.4, 0.5) is 4.39 Å². The molecule has 0 fully saturated rings. The number of benzene rings is 3. The van der Waals surface area contributed by atoms with E-state index in [1.165, 1.54) is 19.1 Å². The van der Waals surface area contributed by atoms with E-state index in [2.05, 4.69) is 16.0 Å². The van der Waals surface area contributed by atoms with Crippen LogP contribution in [0.2, 0.25) is 5.02 Å². The van der Waals surface area contributed by atoms with Gasteiger partial charge in [-0.05, 0) is 55.3 Å². The van der Waals surface area contributed by atoms with Gasteiger partial charge in [-0.15, -0.1) is 0 Å². The summed E-state index contributed by atoms with van der Waals surface area (Å²) in [5.74, 6) is -0.430. The molecule has 0 aliphatic carbocycles. The van der Waals surface area contributed by atoms with Gasteiger partial charge in [-0.2, -0.15) is 5.26 Å². The molecule has 0 atom stereocenters. The number of hydrogen-bond acceptors (Lipinski definition) is 3. The van der Waals surface area contributed by atoms with Gasteiger partial charge in [0.1, 0.15) is 11.9 Å². The number of aromatic nitrogens is 1. The Hall–Kier alpha value is -4.01. The van der Waals surface area contributed by atoms with Crippen molar-refractivity contribution in [2.45, 2.75) is 13.8 Å². The Morgan fingerprint density at radius 2 is 1.88 bits per heavy atom. The Balaban J connectivity index is 1.95. The SMILES string of the molecule is C/C=C(C#N)\C(=N/C)c1c(-c2cccc(-c3ccc(C(C)=O)cc3Cl)c2)[nH]c2ccc(F)cc12. The number of nitrogens with zero attached hydrogens (tertiary/aromatic N) is 2. The number of allylic oxidation sites excluding steroid dienone is 2. The van der Waals surface area contributed by atoms with Crippen molar-refractivity contribution in [3.63, 3.8) is 0 Å². The highest BCUT2D eigenvalue weighted by atomic mass is 35.5. The zero-order chi connectivity index (χ0) is 24.4. The maximum Gasteiger partial charge on any atom is 0.159 e. The minimum absolute atomic E-state index is 0.0548. The average molecular weight is 470 g/mol. The Kier molecular flexibility index (Phi) is 6.45. The smallest absolute Gasteiger partial charge is 0.159 e. The summed E-state index contributed by atoms with van der Waals surface area (Å²) in [5.41, 5.74) is 5.99. The van der Waals surface area contributed by atoms with Gasteiger partial charge in [-0.25, -0.2) is 4.39 Å². The zero-order valence-electron chi connectivity index (χ0n) is 18.9. The van der Waals surface area contributed by atoms with Crippen LogP contribution < -0.4 is 0 Å². The van der Waals surface area contributed by atoms with Crippen molar-refractivity contribution in [2.24, 2.45) is 4.99 Å². The molecule has 1 aromatic heterocycles. The van der Waals surface area contributed by atoms with E-state index in [0.29, 0.717) is 38.5 Å². The quantitative estimate of drug-likeness (QED) is 0.188. The number of aromatic amines is 1. The maximum absolute atomic E-state index is 14.2. The number of hydrogen-bond donors (Lipinski definition) is 1. The summed E-state index contributed by atoms with van der Waals surface area (Å²) >= 11 is 6.51. The summed E-state index contributed by atoms with van der Waals surface area (Å²) in [7, 11) is 1.62. The number of carbonyl (C=O) groups excluding carboxylic acids is 1. The number of fused-ring (bicyclic) bond motifs is 1. The van der Waals surface area contributed by atoms with E-state index >= 15 is 0 Å². The van der Waals surface area contributed by atoms with Crippen LogP contribution in [0.1, 0.15) is 29.8 Å². The molecular weight excluding hydrogens is 449 g/mol. The third kappa shape index (κ3) is 4.16. The van der Waals surface area contributed by atoms with Crippen molar-refractivity contribution in [2.75, 3.05) is 7.05 Å². The number of H-pyrrole nitrogens is 1. The molecule has 0 amide bonds. The maximum atomic E-state index is 14.2. The van der Waals surface area contributed by atoms with E-state index in [9.17, 15) is 14.4 Å². The molecule has 0 radical (unpaired) electrons. The van der Waals surface area contributed by atoms with E-state index in [1.807, 2.05) is 30.3 Å². The molecule has 0 unspecified atom stereocenters. The number of nitriles is 1. The second-order valence-electron chi connectivity index (χ2n) is 7.78. The van der Waals surface area contributed by atoms with Gasteiger partial charge in [0.05, 0.1) is 17.0 Å². The zero-order valence-corrected chi connectivity index (χ0v) is 19.7. The minimum Gasteiger partial charge on any atom is -0.354 e. The first kappa shape index (κ1) is 23.2. The van der Waals surface area contributed by atoms with E-state index in [4.69, 9.17) is 11.6 Å². The van der Waals surface area contributed by atoms with Gasteiger partial charge >= 0.3 is 0 Å². The second kappa shape index (κ2) is 9.46.